The maximum Gasteiger partial charge on any atom is 0.302 e. The summed E-state index contributed by atoms with van der Waals surface area (Å²) >= 11 is 0. The number of nitrogens with zero attached hydrogens (tertiary/aromatic N) is 1. The van der Waals surface area contributed by atoms with E-state index in [0.717, 1.165) is 10.9 Å². The van der Waals surface area contributed by atoms with Gasteiger partial charge in [-0.25, -0.2) is 0 Å². The number of amides is 1. The lowest BCUT2D eigenvalue weighted by atomic mass is 10.1. The van der Waals surface area contributed by atoms with Crippen molar-refractivity contribution in [3.8, 4) is 0 Å². The lowest BCUT2D eigenvalue weighted by molar-refractivity contribution is 0.102. The fraction of sp³-hybridized carbons (Fsp3) is 0. The Morgan fingerprint density at radius 3 is 2.90 bits per heavy atom. The largest absolute Gasteiger partial charge is 0.423 e. The second-order valence-electron chi connectivity index (χ2n) is 4.69. The van der Waals surface area contributed by atoms with Crippen LogP contribution in [0, 0.1) is 0 Å². The number of hydrogen-bond donors (Lipinski definition) is 2. The van der Waals surface area contributed by atoms with Crippen molar-refractivity contribution in [1.82, 2.24) is 9.97 Å². The summed E-state index contributed by atoms with van der Waals surface area (Å²) < 4.78 is 5.50. The van der Waals surface area contributed by atoms with Gasteiger partial charge in [0.15, 0.2) is 5.58 Å². The Morgan fingerprint density at radius 2 is 2.00 bits per heavy atom. The van der Waals surface area contributed by atoms with Gasteiger partial charge in [-0.2, -0.15) is 4.98 Å². The number of fused-ring (bicyclic) bond motifs is 2. The normalized spacial score (nSPS) is 11.0. The van der Waals surface area contributed by atoms with Crippen LogP contribution in [0.25, 0.3) is 22.0 Å². The fourth-order valence-electron chi connectivity index (χ4n) is 2.36. The molecule has 4 aromatic rings. The van der Waals surface area contributed by atoms with E-state index in [4.69, 9.17) is 4.42 Å². The summed E-state index contributed by atoms with van der Waals surface area (Å²) in [5.74, 6) is -0.255. The minimum Gasteiger partial charge on any atom is -0.423 e. The first-order valence-corrected chi connectivity index (χ1v) is 6.54. The third-order valence-electron chi connectivity index (χ3n) is 3.35. The van der Waals surface area contributed by atoms with Gasteiger partial charge in [0.2, 0.25) is 0 Å². The van der Waals surface area contributed by atoms with Gasteiger partial charge in [-0.3, -0.25) is 10.1 Å². The van der Waals surface area contributed by atoms with Crippen molar-refractivity contribution in [3.05, 3.63) is 60.3 Å². The lowest BCUT2D eigenvalue weighted by Gasteiger charge is -2.02. The summed E-state index contributed by atoms with van der Waals surface area (Å²) in [7, 11) is 0. The first-order valence-electron chi connectivity index (χ1n) is 6.54. The molecule has 5 heteroatoms. The Morgan fingerprint density at radius 1 is 1.10 bits per heavy atom. The molecule has 0 bridgehead atoms. The number of carbonyl (C=O) groups is 1. The average molecular weight is 277 g/mol. The smallest absolute Gasteiger partial charge is 0.302 e. The molecule has 21 heavy (non-hydrogen) atoms. The van der Waals surface area contributed by atoms with Crippen LogP contribution < -0.4 is 5.32 Å². The molecule has 0 aliphatic heterocycles. The van der Waals surface area contributed by atoms with E-state index in [0.29, 0.717) is 16.7 Å². The van der Waals surface area contributed by atoms with Crippen molar-refractivity contribution in [2.75, 3.05) is 5.32 Å². The highest BCUT2D eigenvalue weighted by molar-refractivity contribution is 6.11. The van der Waals surface area contributed by atoms with Crippen molar-refractivity contribution < 1.29 is 9.21 Å². The Hall–Kier alpha value is -3.08. The van der Waals surface area contributed by atoms with Crippen LogP contribution in [0.5, 0.6) is 0 Å². The Balaban J connectivity index is 1.70. The number of anilines is 1. The first-order chi connectivity index (χ1) is 10.3. The fourth-order valence-corrected chi connectivity index (χ4v) is 2.36. The highest BCUT2D eigenvalue weighted by Crippen LogP contribution is 2.21. The molecule has 0 saturated carbocycles. The standard InChI is InChI=1S/C16H11N3O2/c20-15(11-5-3-4-10-8-9-17-14(10)11)19-16-18-12-6-1-2-7-13(12)21-16/h1-9,17H,(H,18,19,20). The van der Waals surface area contributed by atoms with Gasteiger partial charge in [0.1, 0.15) is 5.52 Å². The third-order valence-corrected chi connectivity index (χ3v) is 3.35. The van der Waals surface area contributed by atoms with Crippen molar-refractivity contribution in [2.24, 2.45) is 0 Å². The SMILES string of the molecule is O=C(Nc1nc2ccccc2o1)c1cccc2cc[nH]c12. The van der Waals surface area contributed by atoms with Crippen molar-refractivity contribution in [1.29, 1.82) is 0 Å². The number of aromatic nitrogens is 2. The second-order valence-corrected chi connectivity index (χ2v) is 4.69. The van der Waals surface area contributed by atoms with Gasteiger partial charge >= 0.3 is 6.01 Å². The van der Waals surface area contributed by atoms with E-state index in [1.165, 1.54) is 0 Å². The van der Waals surface area contributed by atoms with E-state index in [-0.39, 0.29) is 11.9 Å². The van der Waals surface area contributed by atoms with Gasteiger partial charge in [-0.1, -0.05) is 24.3 Å². The van der Waals surface area contributed by atoms with Crippen LogP contribution in [-0.4, -0.2) is 15.9 Å². The van der Waals surface area contributed by atoms with Gasteiger partial charge in [0.25, 0.3) is 5.91 Å². The van der Waals surface area contributed by atoms with Crippen molar-refractivity contribution >= 4 is 33.9 Å². The average Bonchev–Trinajstić information content (AvgIpc) is 3.12. The molecule has 4 rings (SSSR count). The Kier molecular flexibility index (Phi) is 2.50. The molecule has 2 N–H and O–H groups in total. The molecule has 1 amide bonds. The Bertz CT molecular complexity index is 919. The minimum atomic E-state index is -0.255. The molecule has 0 radical (unpaired) electrons. The van der Waals surface area contributed by atoms with Crippen LogP contribution >= 0.6 is 0 Å². The molecule has 2 heterocycles. The van der Waals surface area contributed by atoms with Crippen molar-refractivity contribution in [3.63, 3.8) is 0 Å². The van der Waals surface area contributed by atoms with Gasteiger partial charge in [0.05, 0.1) is 11.1 Å². The molecule has 0 fully saturated rings. The number of nitrogens with one attached hydrogen (secondary N) is 2. The number of rotatable bonds is 2. The number of benzene rings is 2. The summed E-state index contributed by atoms with van der Waals surface area (Å²) in [6, 6.07) is 15.0. The predicted molar refractivity (Wildman–Crippen MR) is 80.3 cm³/mol. The molecular weight excluding hydrogens is 266 g/mol. The molecule has 2 aromatic heterocycles. The van der Waals surface area contributed by atoms with Gasteiger partial charge in [-0.05, 0) is 24.3 Å². The zero-order valence-electron chi connectivity index (χ0n) is 11.0. The van der Waals surface area contributed by atoms with E-state index in [9.17, 15) is 4.79 Å². The molecule has 102 valence electrons. The van der Waals surface area contributed by atoms with Gasteiger partial charge in [0, 0.05) is 11.6 Å². The predicted octanol–water partition coefficient (Wildman–Crippen LogP) is 3.56. The summed E-state index contributed by atoms with van der Waals surface area (Å²) in [4.78, 5) is 19.7. The van der Waals surface area contributed by atoms with Gasteiger partial charge in [-0.15, -0.1) is 0 Å². The summed E-state index contributed by atoms with van der Waals surface area (Å²) in [5.41, 5.74) is 2.71. The molecule has 0 saturated heterocycles. The Labute approximate surface area is 119 Å². The van der Waals surface area contributed by atoms with E-state index in [1.54, 1.807) is 12.3 Å². The van der Waals surface area contributed by atoms with Crippen LogP contribution in [0.4, 0.5) is 6.01 Å². The topological polar surface area (TPSA) is 70.9 Å². The molecule has 0 unspecified atom stereocenters. The van der Waals surface area contributed by atoms with E-state index in [2.05, 4.69) is 15.3 Å². The number of aromatic amines is 1. The number of H-pyrrole nitrogens is 1. The molecule has 5 nitrogen and oxygen atoms in total. The molecule has 0 aliphatic carbocycles. The van der Waals surface area contributed by atoms with E-state index in [1.807, 2.05) is 42.5 Å². The number of oxazole rings is 1. The van der Waals surface area contributed by atoms with Gasteiger partial charge < -0.3 is 9.40 Å². The van der Waals surface area contributed by atoms with Crippen LogP contribution in [-0.2, 0) is 0 Å². The highest BCUT2D eigenvalue weighted by Gasteiger charge is 2.14. The summed E-state index contributed by atoms with van der Waals surface area (Å²) in [6.07, 6.45) is 1.81. The summed E-state index contributed by atoms with van der Waals surface area (Å²) in [6.45, 7) is 0. The minimum absolute atomic E-state index is 0.199. The quantitative estimate of drug-likeness (QED) is 0.588. The monoisotopic (exact) mass is 277 g/mol. The zero-order valence-corrected chi connectivity index (χ0v) is 11.0. The maximum absolute atomic E-state index is 12.4. The number of para-hydroxylation sites is 3. The maximum atomic E-state index is 12.4. The molecular formula is C16H11N3O2. The molecule has 0 spiro atoms. The van der Waals surface area contributed by atoms with Crippen LogP contribution in [0.3, 0.4) is 0 Å². The lowest BCUT2D eigenvalue weighted by Crippen LogP contribution is -2.12. The van der Waals surface area contributed by atoms with Crippen LogP contribution in [0.1, 0.15) is 10.4 Å². The zero-order chi connectivity index (χ0) is 14.2. The van der Waals surface area contributed by atoms with E-state index >= 15 is 0 Å². The van der Waals surface area contributed by atoms with Crippen LogP contribution in [0.15, 0.2) is 59.1 Å². The highest BCUT2D eigenvalue weighted by atomic mass is 16.4. The summed E-state index contributed by atoms with van der Waals surface area (Å²) in [5, 5.41) is 3.68. The number of hydrogen-bond acceptors (Lipinski definition) is 3. The van der Waals surface area contributed by atoms with E-state index < -0.39 is 0 Å². The van der Waals surface area contributed by atoms with Crippen LogP contribution in [0.2, 0.25) is 0 Å². The first kappa shape index (κ1) is 11.7. The molecule has 2 aromatic carbocycles. The molecule has 0 aliphatic rings. The number of carbonyl (C=O) groups excluding carboxylic acids is 1. The van der Waals surface area contributed by atoms with Crippen molar-refractivity contribution in [2.45, 2.75) is 0 Å². The second kappa shape index (κ2) is 4.49. The third kappa shape index (κ3) is 1.95. The molecule has 0 atom stereocenters.